The molecule has 3 aromatic carbocycles. The van der Waals surface area contributed by atoms with Crippen molar-refractivity contribution >= 4 is 11.8 Å². The summed E-state index contributed by atoms with van der Waals surface area (Å²) in [5.74, 6) is -0.232. The molecule has 184 valence electrons. The van der Waals surface area contributed by atoms with Gasteiger partial charge in [0.05, 0.1) is 0 Å². The Bertz CT molecular complexity index is 1050. The normalized spacial score (nSPS) is 12.3. The Kier molecular flexibility index (Phi) is 8.86. The van der Waals surface area contributed by atoms with Crippen LogP contribution >= 0.6 is 0 Å². The number of nitrogens with one attached hydrogen (secondary N) is 1. The van der Waals surface area contributed by atoms with Gasteiger partial charge in [0.2, 0.25) is 11.8 Å². The van der Waals surface area contributed by atoms with E-state index < -0.39 is 6.04 Å². The fourth-order valence-corrected chi connectivity index (χ4v) is 4.35. The lowest BCUT2D eigenvalue weighted by atomic mass is 9.88. The van der Waals surface area contributed by atoms with Gasteiger partial charge in [-0.1, -0.05) is 97.4 Å². The van der Waals surface area contributed by atoms with E-state index >= 15 is 0 Å². The molecule has 1 N–H and O–H groups in total. The van der Waals surface area contributed by atoms with Gasteiger partial charge in [0, 0.05) is 24.4 Å². The Labute approximate surface area is 210 Å². The number of hydrogen-bond acceptors (Lipinski definition) is 2. The fourth-order valence-electron chi connectivity index (χ4n) is 4.35. The molecule has 4 heteroatoms. The molecule has 0 radical (unpaired) electrons. The van der Waals surface area contributed by atoms with E-state index in [-0.39, 0.29) is 23.3 Å². The Hall–Kier alpha value is -3.40. The molecule has 0 aliphatic rings. The predicted octanol–water partition coefficient (Wildman–Crippen LogP) is 6.24. The number of rotatable bonds is 9. The molecule has 1 unspecified atom stereocenters. The van der Waals surface area contributed by atoms with Gasteiger partial charge in [-0.2, -0.15) is 0 Å². The quantitative estimate of drug-likeness (QED) is 0.402. The molecule has 0 spiro atoms. The van der Waals surface area contributed by atoms with E-state index in [1.165, 1.54) is 0 Å². The van der Waals surface area contributed by atoms with Gasteiger partial charge >= 0.3 is 0 Å². The first-order chi connectivity index (χ1) is 16.7. The van der Waals surface area contributed by atoms with Crippen molar-refractivity contribution in [3.05, 3.63) is 107 Å². The number of benzene rings is 3. The molecule has 2 amide bonds. The minimum absolute atomic E-state index is 0.0285. The van der Waals surface area contributed by atoms with E-state index in [4.69, 9.17) is 0 Å². The van der Waals surface area contributed by atoms with Crippen LogP contribution in [0, 0.1) is 6.92 Å². The van der Waals surface area contributed by atoms with E-state index in [0.717, 1.165) is 22.3 Å². The fraction of sp³-hybridized carbons (Fsp3) is 0.355. The van der Waals surface area contributed by atoms with E-state index in [1.807, 2.05) is 95.3 Å². The van der Waals surface area contributed by atoms with Crippen LogP contribution < -0.4 is 5.32 Å². The lowest BCUT2D eigenvalue weighted by Gasteiger charge is -2.34. The second-order valence-corrected chi connectivity index (χ2v) is 10.2. The zero-order chi connectivity index (χ0) is 25.4. The third-order valence-corrected chi connectivity index (χ3v) is 6.14. The highest BCUT2D eigenvalue weighted by Gasteiger charge is 2.32. The summed E-state index contributed by atoms with van der Waals surface area (Å²) in [7, 11) is 0. The van der Waals surface area contributed by atoms with Crippen molar-refractivity contribution in [2.75, 3.05) is 0 Å². The number of carbonyl (C=O) groups is 2. The molecule has 0 bridgehead atoms. The molecule has 3 aromatic rings. The molecule has 0 saturated heterocycles. The van der Waals surface area contributed by atoms with Crippen molar-refractivity contribution < 1.29 is 9.59 Å². The maximum absolute atomic E-state index is 14.0. The summed E-state index contributed by atoms with van der Waals surface area (Å²) < 4.78 is 0. The lowest BCUT2D eigenvalue weighted by molar-refractivity contribution is -0.142. The number of hydrogen-bond donors (Lipinski definition) is 1. The molecule has 3 rings (SSSR count). The molecule has 0 fully saturated rings. The van der Waals surface area contributed by atoms with Crippen LogP contribution in [0.2, 0.25) is 0 Å². The van der Waals surface area contributed by atoms with Gasteiger partial charge in [-0.25, -0.2) is 0 Å². The smallest absolute Gasteiger partial charge is 0.243 e. The third-order valence-electron chi connectivity index (χ3n) is 6.14. The van der Waals surface area contributed by atoms with Gasteiger partial charge < -0.3 is 10.2 Å². The monoisotopic (exact) mass is 470 g/mol. The maximum Gasteiger partial charge on any atom is 0.243 e. The SMILES string of the molecule is CCC(C(=O)NC(C)(C)C)N(Cc1ccc(C)cc1)C(=O)CC(c1ccccc1)c1ccccc1. The van der Waals surface area contributed by atoms with Crippen LogP contribution in [0.4, 0.5) is 0 Å². The first-order valence-electron chi connectivity index (χ1n) is 12.4. The molecular formula is C31H38N2O2. The number of nitrogens with zero attached hydrogens (tertiary/aromatic N) is 1. The Morgan fingerprint density at radius 1 is 0.829 bits per heavy atom. The van der Waals surface area contributed by atoms with Gasteiger partial charge in [-0.05, 0) is 50.8 Å². The van der Waals surface area contributed by atoms with Crippen molar-refractivity contribution in [3.8, 4) is 0 Å². The second-order valence-electron chi connectivity index (χ2n) is 10.2. The van der Waals surface area contributed by atoms with Crippen molar-refractivity contribution in [2.45, 2.75) is 71.5 Å². The molecule has 0 heterocycles. The van der Waals surface area contributed by atoms with E-state index in [9.17, 15) is 9.59 Å². The average molecular weight is 471 g/mol. The Morgan fingerprint density at radius 2 is 1.34 bits per heavy atom. The second kappa shape index (κ2) is 11.8. The zero-order valence-electron chi connectivity index (χ0n) is 21.6. The number of carbonyl (C=O) groups excluding carboxylic acids is 2. The summed E-state index contributed by atoms with van der Waals surface area (Å²) in [5, 5.41) is 3.08. The first-order valence-corrected chi connectivity index (χ1v) is 12.4. The van der Waals surface area contributed by atoms with E-state index in [0.29, 0.717) is 19.4 Å². The summed E-state index contributed by atoms with van der Waals surface area (Å²) in [6, 6.07) is 27.9. The summed E-state index contributed by atoms with van der Waals surface area (Å²) in [6.45, 7) is 10.3. The lowest BCUT2D eigenvalue weighted by Crippen LogP contribution is -2.53. The third kappa shape index (κ3) is 7.54. The zero-order valence-corrected chi connectivity index (χ0v) is 21.6. The van der Waals surface area contributed by atoms with E-state index in [2.05, 4.69) is 29.6 Å². The summed E-state index contributed by atoms with van der Waals surface area (Å²) in [4.78, 5) is 29.1. The molecule has 35 heavy (non-hydrogen) atoms. The molecule has 1 atom stereocenters. The first kappa shape index (κ1) is 26.2. The number of amides is 2. The summed E-state index contributed by atoms with van der Waals surface area (Å²) in [6.07, 6.45) is 0.833. The molecule has 0 saturated carbocycles. The maximum atomic E-state index is 14.0. The molecule has 0 aromatic heterocycles. The van der Waals surface area contributed by atoms with Crippen LogP contribution in [0.5, 0.6) is 0 Å². The van der Waals surface area contributed by atoms with Crippen LogP contribution in [0.25, 0.3) is 0 Å². The molecule has 0 aliphatic carbocycles. The largest absolute Gasteiger partial charge is 0.350 e. The standard InChI is InChI=1S/C31H38N2O2/c1-6-28(30(35)32-31(3,4)5)33(22-24-19-17-23(2)18-20-24)29(34)21-27(25-13-9-7-10-14-25)26-15-11-8-12-16-26/h7-20,27-28H,6,21-22H2,1-5H3,(H,32,35). The highest BCUT2D eigenvalue weighted by Crippen LogP contribution is 2.29. The van der Waals surface area contributed by atoms with Crippen molar-refractivity contribution in [1.29, 1.82) is 0 Å². The van der Waals surface area contributed by atoms with Crippen LogP contribution in [0.1, 0.15) is 68.7 Å². The topological polar surface area (TPSA) is 49.4 Å². The minimum atomic E-state index is -0.546. The van der Waals surface area contributed by atoms with Crippen LogP contribution in [0.15, 0.2) is 84.9 Å². The molecule has 0 aliphatic heterocycles. The Balaban J connectivity index is 1.96. The van der Waals surface area contributed by atoms with Gasteiger partial charge in [0.15, 0.2) is 0 Å². The molecular weight excluding hydrogens is 432 g/mol. The van der Waals surface area contributed by atoms with Gasteiger partial charge in [-0.3, -0.25) is 9.59 Å². The summed E-state index contributed by atoms with van der Waals surface area (Å²) in [5.41, 5.74) is 3.99. The average Bonchev–Trinajstić information content (AvgIpc) is 2.83. The van der Waals surface area contributed by atoms with Gasteiger partial charge in [0.25, 0.3) is 0 Å². The van der Waals surface area contributed by atoms with Crippen LogP contribution in [-0.2, 0) is 16.1 Å². The van der Waals surface area contributed by atoms with Crippen LogP contribution in [-0.4, -0.2) is 28.3 Å². The highest BCUT2D eigenvalue weighted by molar-refractivity contribution is 5.88. The number of aryl methyl sites for hydroxylation is 1. The van der Waals surface area contributed by atoms with Crippen molar-refractivity contribution in [2.24, 2.45) is 0 Å². The summed E-state index contributed by atoms with van der Waals surface area (Å²) >= 11 is 0. The van der Waals surface area contributed by atoms with Crippen molar-refractivity contribution in [1.82, 2.24) is 10.2 Å². The predicted molar refractivity (Wildman–Crippen MR) is 143 cm³/mol. The van der Waals surface area contributed by atoms with Gasteiger partial charge in [-0.15, -0.1) is 0 Å². The highest BCUT2D eigenvalue weighted by atomic mass is 16.2. The van der Waals surface area contributed by atoms with Crippen molar-refractivity contribution in [3.63, 3.8) is 0 Å². The molecule has 4 nitrogen and oxygen atoms in total. The van der Waals surface area contributed by atoms with Crippen LogP contribution in [0.3, 0.4) is 0 Å². The van der Waals surface area contributed by atoms with Gasteiger partial charge in [0.1, 0.15) is 6.04 Å². The Morgan fingerprint density at radius 3 is 1.80 bits per heavy atom. The van der Waals surface area contributed by atoms with E-state index in [1.54, 1.807) is 4.90 Å². The minimum Gasteiger partial charge on any atom is -0.350 e.